The van der Waals surface area contributed by atoms with Gasteiger partial charge in [-0.25, -0.2) is 24.9 Å². The van der Waals surface area contributed by atoms with Crippen LogP contribution in [0.25, 0.3) is 56.5 Å². The molecule has 0 aliphatic rings. The Kier molecular flexibility index (Phi) is 4.93. The minimum Gasteiger partial charge on any atom is -0.537 e. The first-order chi connectivity index (χ1) is 16.8. The average Bonchev–Trinajstić information content (AvgIpc) is 3.27. The smallest absolute Gasteiger partial charge is 0.537 e. The number of benzene rings is 3. The average molecular weight is 444 g/mol. The van der Waals surface area contributed by atoms with Crippen LogP contribution in [0.15, 0.2) is 89.5 Å². The second-order valence-electron chi connectivity index (χ2n) is 7.43. The Balaban J connectivity index is 1.52. The minimum absolute atomic E-state index is 0.396. The van der Waals surface area contributed by atoms with Crippen LogP contribution in [-0.4, -0.2) is 37.6 Å². The van der Waals surface area contributed by atoms with Crippen LogP contribution in [-0.2, 0) is 0 Å². The van der Waals surface area contributed by atoms with Crippen molar-refractivity contribution in [2.75, 3.05) is 0 Å². The SMILES string of the molecule is O[B]Oc1ccc(-c2nc(-c3ccccc3)nc(-c3cnc4oc5ccccc5c4n3)n2)cc1. The maximum atomic E-state index is 8.86. The highest BCUT2D eigenvalue weighted by Gasteiger charge is 2.16. The molecule has 8 nitrogen and oxygen atoms in total. The molecule has 1 N–H and O–H groups in total. The Morgan fingerprint density at radius 1 is 0.706 bits per heavy atom. The van der Waals surface area contributed by atoms with Crippen LogP contribution < -0.4 is 4.65 Å². The predicted octanol–water partition coefficient (Wildman–Crippen LogP) is 4.47. The summed E-state index contributed by atoms with van der Waals surface area (Å²) >= 11 is 0. The fourth-order valence-electron chi connectivity index (χ4n) is 3.67. The molecule has 0 fully saturated rings. The first kappa shape index (κ1) is 20.0. The van der Waals surface area contributed by atoms with Crippen LogP contribution in [0.2, 0.25) is 0 Å². The van der Waals surface area contributed by atoms with E-state index in [1.165, 1.54) is 0 Å². The van der Waals surface area contributed by atoms with Crippen molar-refractivity contribution in [3.05, 3.63) is 85.1 Å². The van der Waals surface area contributed by atoms with E-state index >= 15 is 0 Å². The van der Waals surface area contributed by atoms with E-state index in [-0.39, 0.29) is 0 Å². The molecule has 0 amide bonds. The molecule has 0 atom stereocenters. The summed E-state index contributed by atoms with van der Waals surface area (Å²) in [5.41, 5.74) is 3.95. The van der Waals surface area contributed by atoms with E-state index in [9.17, 15) is 0 Å². The topological polar surface area (TPSA) is 107 Å². The van der Waals surface area contributed by atoms with Gasteiger partial charge in [-0.05, 0) is 36.4 Å². The van der Waals surface area contributed by atoms with Crippen molar-refractivity contribution < 1.29 is 14.1 Å². The van der Waals surface area contributed by atoms with E-state index in [1.54, 1.807) is 18.3 Å². The Morgan fingerprint density at radius 3 is 2.15 bits per heavy atom. The quantitative estimate of drug-likeness (QED) is 0.388. The zero-order valence-electron chi connectivity index (χ0n) is 17.7. The van der Waals surface area contributed by atoms with Gasteiger partial charge in [-0.2, -0.15) is 0 Å². The highest BCUT2D eigenvalue weighted by molar-refractivity contribution is 6.17. The van der Waals surface area contributed by atoms with E-state index in [4.69, 9.17) is 34.0 Å². The Morgan fingerprint density at radius 2 is 1.38 bits per heavy atom. The fourth-order valence-corrected chi connectivity index (χ4v) is 3.67. The standard InChI is InChI=1S/C25H15BN5O3/c32-26-34-17-12-10-16(11-13-17)23-29-22(15-6-2-1-3-7-15)30-24(31-23)19-14-27-25-21(28-19)18-8-4-5-9-20(18)33-25/h1-14,32H. The van der Waals surface area contributed by atoms with Crippen molar-refractivity contribution in [2.24, 2.45) is 0 Å². The molecular weight excluding hydrogens is 429 g/mol. The summed E-state index contributed by atoms with van der Waals surface area (Å²) in [4.78, 5) is 23.3. The maximum Gasteiger partial charge on any atom is 0.569 e. The largest absolute Gasteiger partial charge is 0.569 e. The van der Waals surface area contributed by atoms with Crippen molar-refractivity contribution >= 4 is 29.9 Å². The molecule has 6 aromatic rings. The normalized spacial score (nSPS) is 11.1. The summed E-state index contributed by atoms with van der Waals surface area (Å²) in [5.74, 6) is 1.88. The van der Waals surface area contributed by atoms with Gasteiger partial charge in [-0.15, -0.1) is 0 Å². The van der Waals surface area contributed by atoms with Crippen molar-refractivity contribution in [2.45, 2.75) is 0 Å². The minimum atomic E-state index is 0.396. The first-order valence-electron chi connectivity index (χ1n) is 10.5. The lowest BCUT2D eigenvalue weighted by Crippen LogP contribution is -2.02. The van der Waals surface area contributed by atoms with Gasteiger partial charge in [0.25, 0.3) is 0 Å². The zero-order chi connectivity index (χ0) is 22.9. The lowest BCUT2D eigenvalue weighted by atomic mass is 10.1. The Bertz CT molecular complexity index is 1620. The fraction of sp³-hybridized carbons (Fsp3) is 0. The van der Waals surface area contributed by atoms with Crippen molar-refractivity contribution in [3.63, 3.8) is 0 Å². The predicted molar refractivity (Wildman–Crippen MR) is 128 cm³/mol. The summed E-state index contributed by atoms with van der Waals surface area (Å²) in [6, 6.07) is 24.4. The number of hydrogen-bond acceptors (Lipinski definition) is 8. The van der Waals surface area contributed by atoms with Gasteiger partial charge < -0.3 is 14.1 Å². The van der Waals surface area contributed by atoms with E-state index in [1.807, 2.05) is 66.7 Å². The molecule has 0 unspecified atom stereocenters. The van der Waals surface area contributed by atoms with Gasteiger partial charge in [-0.1, -0.05) is 42.5 Å². The van der Waals surface area contributed by atoms with Crippen LogP contribution in [0.1, 0.15) is 0 Å². The summed E-state index contributed by atoms with van der Waals surface area (Å²) in [6.45, 7) is 0. The molecule has 0 bridgehead atoms. The van der Waals surface area contributed by atoms with Gasteiger partial charge >= 0.3 is 7.69 Å². The molecule has 9 heteroatoms. The number of hydrogen-bond donors (Lipinski definition) is 1. The molecule has 0 spiro atoms. The second-order valence-corrected chi connectivity index (χ2v) is 7.43. The summed E-state index contributed by atoms with van der Waals surface area (Å²) in [7, 11) is 0.637. The number of para-hydroxylation sites is 1. The number of fused-ring (bicyclic) bond motifs is 3. The van der Waals surface area contributed by atoms with Crippen molar-refractivity contribution in [3.8, 4) is 40.0 Å². The molecule has 0 saturated heterocycles. The van der Waals surface area contributed by atoms with Gasteiger partial charge in [0.2, 0.25) is 5.71 Å². The van der Waals surface area contributed by atoms with Gasteiger partial charge in [0.05, 0.1) is 6.20 Å². The van der Waals surface area contributed by atoms with E-state index in [0.717, 1.165) is 22.1 Å². The lowest BCUT2D eigenvalue weighted by Gasteiger charge is -2.08. The molecular formula is C25H15BN5O3. The number of rotatable bonds is 5. The molecule has 0 aliphatic heterocycles. The Hall–Kier alpha value is -4.63. The molecule has 34 heavy (non-hydrogen) atoms. The first-order valence-corrected chi connectivity index (χ1v) is 10.5. The highest BCUT2D eigenvalue weighted by atomic mass is 16.5. The lowest BCUT2D eigenvalue weighted by molar-refractivity contribution is 0.454. The van der Waals surface area contributed by atoms with E-state index < -0.39 is 0 Å². The van der Waals surface area contributed by atoms with Gasteiger partial charge in [0, 0.05) is 16.5 Å². The number of aromatic nitrogens is 5. The summed E-state index contributed by atoms with van der Waals surface area (Å²) < 4.78 is 10.8. The molecule has 3 aromatic heterocycles. The molecule has 3 heterocycles. The number of nitrogens with zero attached hydrogens (tertiary/aromatic N) is 5. The number of furan rings is 1. The van der Waals surface area contributed by atoms with Crippen LogP contribution in [0.5, 0.6) is 5.75 Å². The second kappa shape index (κ2) is 8.38. The highest BCUT2D eigenvalue weighted by Crippen LogP contribution is 2.29. The summed E-state index contributed by atoms with van der Waals surface area (Å²) in [6.07, 6.45) is 1.60. The summed E-state index contributed by atoms with van der Waals surface area (Å²) in [5, 5.41) is 9.73. The molecule has 1 radical (unpaired) electrons. The van der Waals surface area contributed by atoms with Crippen LogP contribution in [0.4, 0.5) is 0 Å². The molecule has 161 valence electrons. The monoisotopic (exact) mass is 444 g/mol. The third-order valence-electron chi connectivity index (χ3n) is 5.29. The van der Waals surface area contributed by atoms with Gasteiger partial charge in [0.1, 0.15) is 22.5 Å². The van der Waals surface area contributed by atoms with Crippen LogP contribution in [0, 0.1) is 0 Å². The maximum absolute atomic E-state index is 8.86. The van der Waals surface area contributed by atoms with E-state index in [2.05, 4.69) is 4.98 Å². The molecule has 6 rings (SSSR count). The molecule has 3 aromatic carbocycles. The third kappa shape index (κ3) is 3.64. The van der Waals surface area contributed by atoms with Crippen molar-refractivity contribution in [1.29, 1.82) is 0 Å². The zero-order valence-corrected chi connectivity index (χ0v) is 17.7. The van der Waals surface area contributed by atoms with Crippen LogP contribution in [0.3, 0.4) is 0 Å². The van der Waals surface area contributed by atoms with Gasteiger partial charge in [0.15, 0.2) is 17.5 Å². The van der Waals surface area contributed by atoms with E-state index in [0.29, 0.717) is 47.8 Å². The van der Waals surface area contributed by atoms with Crippen molar-refractivity contribution in [1.82, 2.24) is 24.9 Å². The molecule has 0 saturated carbocycles. The molecule has 0 aliphatic carbocycles. The third-order valence-corrected chi connectivity index (χ3v) is 5.29. The Labute approximate surface area is 194 Å². The van der Waals surface area contributed by atoms with Crippen LogP contribution >= 0.6 is 0 Å². The van der Waals surface area contributed by atoms with Gasteiger partial charge in [-0.3, -0.25) is 0 Å².